The normalized spacial score (nSPS) is 18.5. The summed E-state index contributed by atoms with van der Waals surface area (Å²) in [6, 6.07) is 0. The fraction of sp³-hybridized carbons (Fsp3) is 0.958. The van der Waals surface area contributed by atoms with E-state index in [-0.39, 0.29) is 11.8 Å². The van der Waals surface area contributed by atoms with Gasteiger partial charge >= 0.3 is 8.80 Å². The molecule has 0 aliphatic heterocycles. The van der Waals surface area contributed by atoms with Crippen LogP contribution >= 0.6 is 0 Å². The molecule has 35 heavy (non-hydrogen) atoms. The second-order valence-electron chi connectivity index (χ2n) is 8.82. The molecule has 10 nitrogen and oxygen atoms in total. The fourth-order valence-electron chi connectivity index (χ4n) is 3.25. The lowest BCUT2D eigenvalue weighted by atomic mass is 10.1. The minimum absolute atomic E-state index is 0.227. The Morgan fingerprint density at radius 2 is 1.17 bits per heavy atom. The van der Waals surface area contributed by atoms with E-state index < -0.39 is 46.0 Å². The predicted molar refractivity (Wildman–Crippen MR) is 133 cm³/mol. The Morgan fingerprint density at radius 1 is 0.714 bits per heavy atom. The monoisotopic (exact) mass is 526 g/mol. The first-order valence-electron chi connectivity index (χ1n) is 12.5. The summed E-state index contributed by atoms with van der Waals surface area (Å²) in [6.45, 7) is 14.0. The Hall–Kier alpha value is -0.473. The van der Waals surface area contributed by atoms with Crippen LogP contribution in [0.25, 0.3) is 0 Å². The largest absolute Gasteiger partial charge is 0.580 e. The molecule has 0 aliphatic rings. The third-order valence-corrected chi connectivity index (χ3v) is 8.06. The number of methoxy groups -OCH3 is 3. The van der Waals surface area contributed by atoms with Crippen molar-refractivity contribution in [2.45, 2.75) is 131 Å². The summed E-state index contributed by atoms with van der Waals surface area (Å²) in [5, 5.41) is -0.281. The Balaban J connectivity index is 6.05. The zero-order valence-corrected chi connectivity index (χ0v) is 24.7. The van der Waals surface area contributed by atoms with E-state index in [4.69, 9.17) is 41.7 Å². The fourth-order valence-corrected chi connectivity index (χ4v) is 5.94. The Labute approximate surface area is 213 Å². The van der Waals surface area contributed by atoms with Crippen LogP contribution in [0.2, 0.25) is 0 Å². The summed E-state index contributed by atoms with van der Waals surface area (Å²) in [5.41, 5.74) is 0. The molecule has 0 fully saturated rings. The lowest BCUT2D eigenvalue weighted by Crippen LogP contribution is -2.61. The van der Waals surface area contributed by atoms with E-state index in [9.17, 15) is 4.79 Å². The Kier molecular flexibility index (Phi) is 17.6. The number of ether oxygens (including phenoxy) is 6. The molecule has 0 rings (SSSR count). The zero-order chi connectivity index (χ0) is 27.1. The van der Waals surface area contributed by atoms with Crippen LogP contribution in [0, 0.1) is 0 Å². The van der Waals surface area contributed by atoms with Gasteiger partial charge in [-0.25, -0.2) is 0 Å². The highest BCUT2D eigenvalue weighted by Crippen LogP contribution is 2.28. The Morgan fingerprint density at radius 3 is 1.60 bits per heavy atom. The van der Waals surface area contributed by atoms with Gasteiger partial charge in [-0.15, -0.1) is 0 Å². The molecule has 0 spiro atoms. The summed E-state index contributed by atoms with van der Waals surface area (Å²) in [5.74, 6) is -1.28. The summed E-state index contributed by atoms with van der Waals surface area (Å²) in [7, 11) is 0.401. The van der Waals surface area contributed by atoms with Gasteiger partial charge in [-0.1, -0.05) is 32.6 Å². The first kappa shape index (κ1) is 34.5. The molecule has 5 atom stereocenters. The van der Waals surface area contributed by atoms with Gasteiger partial charge in [0.05, 0.1) is 0 Å². The topological polar surface area (TPSA) is 100 Å². The van der Waals surface area contributed by atoms with Crippen LogP contribution < -0.4 is 0 Å². The standard InChI is InChI=1S/C24H50O10Si/c1-12-13-14-15-16-17-23(25)35(32-21(5)29-18(2)26-9,33-22(6)30-19(3)27-10)34-24(7,8)31-20(4)28-11/h18-22H,12-17H2,1-11H3. The molecule has 0 bridgehead atoms. The first-order chi connectivity index (χ1) is 16.3. The molecule has 0 aromatic carbocycles. The van der Waals surface area contributed by atoms with E-state index in [2.05, 4.69) is 6.92 Å². The van der Waals surface area contributed by atoms with Gasteiger partial charge in [0.25, 0.3) is 0 Å². The number of unbranched alkanes of at least 4 members (excludes halogenated alkanes) is 4. The van der Waals surface area contributed by atoms with Crippen LogP contribution in [0.1, 0.15) is 93.9 Å². The molecule has 0 radical (unpaired) electrons. The van der Waals surface area contributed by atoms with Crippen molar-refractivity contribution in [3.63, 3.8) is 0 Å². The molecular weight excluding hydrogens is 476 g/mol. The van der Waals surface area contributed by atoms with Crippen molar-refractivity contribution >= 4 is 14.2 Å². The van der Waals surface area contributed by atoms with Gasteiger partial charge in [-0.3, -0.25) is 4.79 Å². The molecule has 0 saturated heterocycles. The van der Waals surface area contributed by atoms with Crippen molar-refractivity contribution in [1.82, 2.24) is 0 Å². The second kappa shape index (κ2) is 17.9. The minimum atomic E-state index is -4.15. The average molecular weight is 527 g/mol. The van der Waals surface area contributed by atoms with E-state index in [1.54, 1.807) is 48.5 Å². The zero-order valence-electron chi connectivity index (χ0n) is 23.7. The smallest absolute Gasteiger partial charge is 0.356 e. The molecule has 0 heterocycles. The average Bonchev–Trinajstić information content (AvgIpc) is 2.77. The van der Waals surface area contributed by atoms with Gasteiger partial charge in [-0.05, 0) is 54.9 Å². The molecule has 0 aromatic rings. The maximum Gasteiger partial charge on any atom is 0.580 e. The number of carbonyl (C=O) groups excluding carboxylic acids is 1. The number of carbonyl (C=O) groups is 1. The highest BCUT2D eigenvalue weighted by molar-refractivity contribution is 6.92. The number of rotatable bonds is 22. The molecule has 0 aromatic heterocycles. The molecule has 0 N–H and O–H groups in total. The Bertz CT molecular complexity index is 542. The molecule has 0 amide bonds. The molecule has 210 valence electrons. The summed E-state index contributed by atoms with van der Waals surface area (Å²) in [4.78, 5) is 13.7. The van der Waals surface area contributed by atoms with Gasteiger partial charge in [0.2, 0.25) is 5.41 Å². The van der Waals surface area contributed by atoms with Gasteiger partial charge in [0, 0.05) is 27.8 Å². The van der Waals surface area contributed by atoms with E-state index in [1.165, 1.54) is 21.3 Å². The second-order valence-corrected chi connectivity index (χ2v) is 11.2. The lowest BCUT2D eigenvalue weighted by Gasteiger charge is -2.39. The minimum Gasteiger partial charge on any atom is -0.356 e. The van der Waals surface area contributed by atoms with E-state index in [0.29, 0.717) is 6.42 Å². The van der Waals surface area contributed by atoms with Crippen LogP contribution in [0.15, 0.2) is 0 Å². The van der Waals surface area contributed by atoms with Crippen LogP contribution in [0.3, 0.4) is 0 Å². The first-order valence-corrected chi connectivity index (χ1v) is 14.2. The van der Waals surface area contributed by atoms with Gasteiger partial charge in [0.15, 0.2) is 37.2 Å². The molecule has 0 aliphatic carbocycles. The maximum atomic E-state index is 13.7. The quantitative estimate of drug-likeness (QED) is 0.110. The number of hydrogen-bond acceptors (Lipinski definition) is 10. The van der Waals surface area contributed by atoms with Crippen molar-refractivity contribution in [1.29, 1.82) is 0 Å². The van der Waals surface area contributed by atoms with E-state index in [1.807, 2.05) is 0 Å². The van der Waals surface area contributed by atoms with Crippen molar-refractivity contribution in [3.05, 3.63) is 0 Å². The van der Waals surface area contributed by atoms with Gasteiger partial charge in [0.1, 0.15) is 0 Å². The van der Waals surface area contributed by atoms with Crippen molar-refractivity contribution in [2.24, 2.45) is 0 Å². The third kappa shape index (κ3) is 14.8. The SMILES string of the molecule is CCCCCCCC(=O)[Si](OC(C)OC(C)OC)(OC(C)OC(C)OC)OC(C)(C)OC(C)OC. The van der Waals surface area contributed by atoms with Crippen molar-refractivity contribution in [2.75, 3.05) is 21.3 Å². The highest BCUT2D eigenvalue weighted by Gasteiger charge is 2.56. The highest BCUT2D eigenvalue weighted by atomic mass is 28.4. The molecular formula is C24H50O10Si. The summed E-state index contributed by atoms with van der Waals surface area (Å²) >= 11 is 0. The van der Waals surface area contributed by atoms with E-state index >= 15 is 0 Å². The summed E-state index contributed by atoms with van der Waals surface area (Å²) in [6.07, 6.45) is 1.65. The molecule has 5 unspecified atom stereocenters. The van der Waals surface area contributed by atoms with Crippen LogP contribution in [-0.4, -0.2) is 72.8 Å². The van der Waals surface area contributed by atoms with E-state index in [0.717, 1.165) is 25.7 Å². The third-order valence-electron chi connectivity index (χ3n) is 5.08. The van der Waals surface area contributed by atoms with Crippen molar-refractivity contribution < 1.29 is 46.5 Å². The summed E-state index contributed by atoms with van der Waals surface area (Å²) < 4.78 is 51.6. The van der Waals surface area contributed by atoms with Crippen LogP contribution in [0.4, 0.5) is 0 Å². The van der Waals surface area contributed by atoms with Crippen molar-refractivity contribution in [3.8, 4) is 0 Å². The maximum absolute atomic E-state index is 13.7. The van der Waals surface area contributed by atoms with Crippen LogP contribution in [-0.2, 0) is 46.5 Å². The molecule has 11 heteroatoms. The lowest BCUT2D eigenvalue weighted by molar-refractivity contribution is -0.282. The van der Waals surface area contributed by atoms with Crippen LogP contribution in [0.5, 0.6) is 0 Å². The predicted octanol–water partition coefficient (Wildman–Crippen LogP) is 4.90. The number of hydrogen-bond donors (Lipinski definition) is 0. The van der Waals surface area contributed by atoms with Gasteiger partial charge in [-0.2, -0.15) is 0 Å². The molecule has 0 saturated carbocycles. The van der Waals surface area contributed by atoms with Gasteiger partial charge < -0.3 is 41.7 Å².